The Morgan fingerprint density at radius 3 is 2.50 bits per heavy atom. The van der Waals surface area contributed by atoms with Crippen LogP contribution in [0.2, 0.25) is 5.02 Å². The van der Waals surface area contributed by atoms with Crippen molar-refractivity contribution in [3.05, 3.63) is 81.9 Å². The number of rotatable bonds is 4. The normalized spacial score (nSPS) is 21.4. The smallest absolute Gasteiger partial charge is 0.170 e. The van der Waals surface area contributed by atoms with Crippen LogP contribution in [0.3, 0.4) is 0 Å². The molecule has 4 nitrogen and oxygen atoms in total. The molecule has 1 aliphatic carbocycles. The molecule has 1 aromatic carbocycles. The fourth-order valence-corrected chi connectivity index (χ4v) is 6.27. The number of nitrogens with zero attached hydrogens (tertiary/aromatic N) is 3. The molecule has 1 saturated carbocycles. The van der Waals surface area contributed by atoms with E-state index in [2.05, 4.69) is 53.8 Å². The van der Waals surface area contributed by atoms with Crippen LogP contribution in [0.5, 0.6) is 0 Å². The summed E-state index contributed by atoms with van der Waals surface area (Å²) in [7, 11) is 0. The maximum absolute atomic E-state index is 6.35. The number of hydrogen-bond acceptors (Lipinski definition) is 2. The first-order valence-electron chi connectivity index (χ1n) is 11.4. The van der Waals surface area contributed by atoms with Gasteiger partial charge in [-0.1, -0.05) is 36.6 Å². The Bertz CT molecular complexity index is 1150. The van der Waals surface area contributed by atoms with Gasteiger partial charge in [0.2, 0.25) is 0 Å². The fraction of sp³-hybridized carbons (Fsp3) is 0.385. The van der Waals surface area contributed by atoms with Gasteiger partial charge >= 0.3 is 0 Å². The summed E-state index contributed by atoms with van der Waals surface area (Å²) in [6.07, 6.45) is 6.80. The highest BCUT2D eigenvalue weighted by Crippen LogP contribution is 2.46. The predicted molar refractivity (Wildman–Crippen MR) is 135 cm³/mol. The molecule has 32 heavy (non-hydrogen) atoms. The molecule has 2 fully saturated rings. The van der Waals surface area contributed by atoms with Gasteiger partial charge in [0.05, 0.1) is 17.8 Å². The standard InChI is InChI=1S/C26H29ClN4S/c1-16-17(2)30(21-12-8-9-19(27)15-21)18(3)23(16)25-24(22-13-6-7-14-28-22)29-26(32)31(25)20-10-4-5-11-20/h6-9,12-15,20,24-25H,4-5,10-11H2,1-3H3,(H,29,32)/t24-,25+/m1/s1. The van der Waals surface area contributed by atoms with Gasteiger partial charge < -0.3 is 14.8 Å². The van der Waals surface area contributed by atoms with Gasteiger partial charge in [-0.2, -0.15) is 0 Å². The van der Waals surface area contributed by atoms with E-state index in [1.165, 1.54) is 48.2 Å². The quantitative estimate of drug-likeness (QED) is 0.455. The van der Waals surface area contributed by atoms with Crippen LogP contribution in [0.25, 0.3) is 5.69 Å². The van der Waals surface area contributed by atoms with E-state index in [0.717, 1.165) is 21.5 Å². The van der Waals surface area contributed by atoms with Crippen molar-refractivity contribution in [2.45, 2.75) is 64.6 Å². The summed E-state index contributed by atoms with van der Waals surface area (Å²) >= 11 is 12.3. The molecule has 5 rings (SSSR count). The van der Waals surface area contributed by atoms with Crippen LogP contribution in [0, 0.1) is 20.8 Å². The third-order valence-corrected chi connectivity index (χ3v) is 7.79. The summed E-state index contributed by atoms with van der Waals surface area (Å²) in [4.78, 5) is 7.20. The summed E-state index contributed by atoms with van der Waals surface area (Å²) in [6.45, 7) is 6.66. The van der Waals surface area contributed by atoms with Crippen LogP contribution < -0.4 is 5.32 Å². The SMILES string of the molecule is Cc1c([C@H]2[C@@H](c3ccccn3)NC(=S)N2C2CCCC2)c(C)n(-c2cccc(Cl)c2)c1C. The summed E-state index contributed by atoms with van der Waals surface area (Å²) in [5.74, 6) is 0. The lowest BCUT2D eigenvalue weighted by Gasteiger charge is -2.33. The first-order valence-corrected chi connectivity index (χ1v) is 12.2. The van der Waals surface area contributed by atoms with Gasteiger partial charge in [-0.05, 0) is 81.7 Å². The molecule has 0 amide bonds. The summed E-state index contributed by atoms with van der Waals surface area (Å²) in [5.41, 5.74) is 7.26. The van der Waals surface area contributed by atoms with Gasteiger partial charge in [-0.3, -0.25) is 4.98 Å². The Kier molecular flexibility index (Phi) is 5.72. The van der Waals surface area contributed by atoms with Crippen molar-refractivity contribution < 1.29 is 0 Å². The number of nitrogens with one attached hydrogen (secondary N) is 1. The molecule has 1 saturated heterocycles. The van der Waals surface area contributed by atoms with E-state index in [9.17, 15) is 0 Å². The summed E-state index contributed by atoms with van der Waals surface area (Å²) < 4.78 is 2.33. The second kappa shape index (κ2) is 8.53. The molecule has 166 valence electrons. The van der Waals surface area contributed by atoms with Crippen LogP contribution >= 0.6 is 23.8 Å². The Morgan fingerprint density at radius 1 is 1.03 bits per heavy atom. The molecular formula is C26H29ClN4S. The van der Waals surface area contributed by atoms with Crippen molar-refractivity contribution in [2.75, 3.05) is 0 Å². The van der Waals surface area contributed by atoms with Crippen LogP contribution in [-0.2, 0) is 0 Å². The maximum atomic E-state index is 6.35. The van der Waals surface area contributed by atoms with Gasteiger partial charge in [0.1, 0.15) is 0 Å². The molecule has 2 aromatic heterocycles. The number of halogens is 1. The highest BCUT2D eigenvalue weighted by atomic mass is 35.5. The molecule has 0 spiro atoms. The Morgan fingerprint density at radius 2 is 1.81 bits per heavy atom. The zero-order valence-corrected chi connectivity index (χ0v) is 20.4. The number of benzene rings is 1. The molecular weight excluding hydrogens is 436 g/mol. The molecule has 0 radical (unpaired) electrons. The average molecular weight is 465 g/mol. The van der Waals surface area contributed by atoms with Gasteiger partial charge in [0.15, 0.2) is 5.11 Å². The lowest BCUT2D eigenvalue weighted by atomic mass is 9.92. The second-order valence-electron chi connectivity index (χ2n) is 9.00. The van der Waals surface area contributed by atoms with Crippen molar-refractivity contribution in [3.63, 3.8) is 0 Å². The Labute approximate surface area is 200 Å². The first-order chi connectivity index (χ1) is 15.5. The van der Waals surface area contributed by atoms with Gasteiger partial charge in [-0.25, -0.2) is 0 Å². The number of hydrogen-bond donors (Lipinski definition) is 1. The molecule has 3 aromatic rings. The van der Waals surface area contributed by atoms with E-state index in [-0.39, 0.29) is 12.1 Å². The largest absolute Gasteiger partial charge is 0.352 e. The summed E-state index contributed by atoms with van der Waals surface area (Å²) in [6, 6.07) is 14.8. The van der Waals surface area contributed by atoms with Crippen molar-refractivity contribution in [3.8, 4) is 5.69 Å². The van der Waals surface area contributed by atoms with Gasteiger partial charge in [-0.15, -0.1) is 0 Å². The van der Waals surface area contributed by atoms with E-state index in [0.29, 0.717) is 6.04 Å². The van der Waals surface area contributed by atoms with Crippen LogP contribution in [0.15, 0.2) is 48.7 Å². The Balaban J connectivity index is 1.68. The zero-order chi connectivity index (χ0) is 22.4. The third-order valence-electron chi connectivity index (χ3n) is 7.22. The minimum atomic E-state index is 0.0244. The summed E-state index contributed by atoms with van der Waals surface area (Å²) in [5, 5.41) is 5.24. The highest BCUT2D eigenvalue weighted by Gasteiger charge is 2.45. The van der Waals surface area contributed by atoms with Crippen molar-refractivity contribution in [1.29, 1.82) is 0 Å². The van der Waals surface area contributed by atoms with E-state index >= 15 is 0 Å². The van der Waals surface area contributed by atoms with Crippen molar-refractivity contribution in [2.24, 2.45) is 0 Å². The topological polar surface area (TPSA) is 33.1 Å². The third kappa shape index (κ3) is 3.52. The molecule has 2 atom stereocenters. The Hall–Kier alpha value is -2.37. The van der Waals surface area contributed by atoms with E-state index < -0.39 is 0 Å². The molecule has 0 bridgehead atoms. The van der Waals surface area contributed by atoms with E-state index in [1.54, 1.807) is 0 Å². The lowest BCUT2D eigenvalue weighted by molar-refractivity contribution is 0.244. The van der Waals surface area contributed by atoms with Crippen LogP contribution in [-0.4, -0.2) is 25.6 Å². The van der Waals surface area contributed by atoms with Crippen molar-refractivity contribution in [1.82, 2.24) is 19.8 Å². The van der Waals surface area contributed by atoms with Crippen LogP contribution in [0.1, 0.15) is 66.0 Å². The highest BCUT2D eigenvalue weighted by molar-refractivity contribution is 7.80. The molecule has 1 N–H and O–H groups in total. The van der Waals surface area contributed by atoms with E-state index in [1.807, 2.05) is 30.5 Å². The molecule has 6 heteroatoms. The number of aromatic nitrogens is 2. The lowest BCUT2D eigenvalue weighted by Crippen LogP contribution is -2.38. The molecule has 0 unspecified atom stereocenters. The average Bonchev–Trinajstić information content (AvgIpc) is 3.47. The predicted octanol–water partition coefficient (Wildman–Crippen LogP) is 6.37. The minimum Gasteiger partial charge on any atom is -0.352 e. The second-order valence-corrected chi connectivity index (χ2v) is 9.82. The zero-order valence-electron chi connectivity index (χ0n) is 18.8. The van der Waals surface area contributed by atoms with Gasteiger partial charge in [0.25, 0.3) is 0 Å². The van der Waals surface area contributed by atoms with E-state index in [4.69, 9.17) is 28.8 Å². The first kappa shape index (κ1) is 21.5. The maximum Gasteiger partial charge on any atom is 0.170 e. The minimum absolute atomic E-state index is 0.0244. The molecule has 1 aliphatic heterocycles. The van der Waals surface area contributed by atoms with Crippen molar-refractivity contribution >= 4 is 28.9 Å². The molecule has 3 heterocycles. The van der Waals surface area contributed by atoms with Crippen LogP contribution in [0.4, 0.5) is 0 Å². The number of pyridine rings is 1. The monoisotopic (exact) mass is 464 g/mol. The van der Waals surface area contributed by atoms with Gasteiger partial charge in [0, 0.05) is 39.9 Å². The number of thiocarbonyl (C=S) groups is 1. The molecule has 2 aliphatic rings. The fourth-order valence-electron chi connectivity index (χ4n) is 5.69.